The molecular weight excluding hydrogens is 328 g/mol. The van der Waals surface area contributed by atoms with Crippen molar-refractivity contribution in [2.75, 3.05) is 6.61 Å². The lowest BCUT2D eigenvalue weighted by Crippen LogP contribution is -2.40. The minimum atomic E-state index is -0.909. The molecule has 0 aliphatic carbocycles. The maximum absolute atomic E-state index is 11.5. The molecule has 5 nitrogen and oxygen atoms in total. The number of carbonyl (C=O) groups is 2. The van der Waals surface area contributed by atoms with Gasteiger partial charge in [0.2, 0.25) is 5.91 Å². The minimum absolute atomic E-state index is 0.126. The Labute approximate surface area is 159 Å². The summed E-state index contributed by atoms with van der Waals surface area (Å²) in [4.78, 5) is 22.2. The Morgan fingerprint density at radius 2 is 1.35 bits per heavy atom. The number of amides is 1. The Morgan fingerprint density at radius 1 is 0.846 bits per heavy atom. The molecule has 0 rings (SSSR count). The quantitative estimate of drug-likeness (QED) is 0.213. The number of esters is 1. The number of nitrogens with two attached hydrogens (primary N) is 2. The molecule has 0 saturated carbocycles. The number of hydrogen-bond donors (Lipinski definition) is 2. The standard InChI is InChI=1S/C21H40N2O3/c1-2-3-4-5-6-7-8-9-10-11-12-13-14-15-16-17-20(24)26-18-19(22)21(23)25/h9-10,19H,2-8,11-18,22H2,1H3,(H2,23,25)/b10-9-/t19-/m0/s1. The molecule has 0 bridgehead atoms. The summed E-state index contributed by atoms with van der Waals surface area (Å²) >= 11 is 0. The fourth-order valence-electron chi connectivity index (χ4n) is 2.68. The van der Waals surface area contributed by atoms with Crippen molar-refractivity contribution in [2.24, 2.45) is 11.5 Å². The number of ether oxygens (including phenoxy) is 1. The third kappa shape index (κ3) is 17.5. The highest BCUT2D eigenvalue weighted by Crippen LogP contribution is 2.10. The molecule has 0 aromatic rings. The third-order valence-corrected chi connectivity index (χ3v) is 4.43. The van der Waals surface area contributed by atoms with Crippen LogP contribution in [0.15, 0.2) is 12.2 Å². The lowest BCUT2D eigenvalue weighted by molar-refractivity contribution is -0.144. The van der Waals surface area contributed by atoms with Gasteiger partial charge in [0.15, 0.2) is 0 Å². The molecule has 5 heteroatoms. The van der Waals surface area contributed by atoms with Crippen molar-refractivity contribution in [3.63, 3.8) is 0 Å². The van der Waals surface area contributed by atoms with Gasteiger partial charge in [-0.15, -0.1) is 0 Å². The molecule has 26 heavy (non-hydrogen) atoms. The van der Waals surface area contributed by atoms with Crippen LogP contribution in [0.5, 0.6) is 0 Å². The Morgan fingerprint density at radius 3 is 1.88 bits per heavy atom. The van der Waals surface area contributed by atoms with Crippen molar-refractivity contribution in [1.82, 2.24) is 0 Å². The van der Waals surface area contributed by atoms with Crippen LogP contribution in [0.4, 0.5) is 0 Å². The average Bonchev–Trinajstić information content (AvgIpc) is 2.62. The molecule has 0 aliphatic heterocycles. The second-order valence-corrected chi connectivity index (χ2v) is 7.03. The normalized spacial score (nSPS) is 12.4. The van der Waals surface area contributed by atoms with Crippen molar-refractivity contribution >= 4 is 11.9 Å². The largest absolute Gasteiger partial charge is 0.463 e. The first-order chi connectivity index (χ1) is 12.6. The summed E-state index contributed by atoms with van der Waals surface area (Å²) in [6.45, 7) is 2.13. The Hall–Kier alpha value is -1.36. The Balaban J connectivity index is 3.29. The molecule has 1 atom stereocenters. The van der Waals surface area contributed by atoms with Gasteiger partial charge in [0.1, 0.15) is 12.6 Å². The van der Waals surface area contributed by atoms with E-state index in [9.17, 15) is 9.59 Å². The molecular formula is C21H40N2O3. The topological polar surface area (TPSA) is 95.4 Å². The lowest BCUT2D eigenvalue weighted by atomic mass is 10.1. The minimum Gasteiger partial charge on any atom is -0.463 e. The molecule has 0 aromatic heterocycles. The van der Waals surface area contributed by atoms with Gasteiger partial charge in [-0.2, -0.15) is 0 Å². The van der Waals surface area contributed by atoms with E-state index in [1.807, 2.05) is 0 Å². The van der Waals surface area contributed by atoms with Crippen LogP contribution in [-0.4, -0.2) is 24.5 Å². The zero-order valence-corrected chi connectivity index (χ0v) is 16.7. The summed E-state index contributed by atoms with van der Waals surface area (Å²) in [5.41, 5.74) is 10.4. The van der Waals surface area contributed by atoms with Gasteiger partial charge in [-0.05, 0) is 32.1 Å². The van der Waals surface area contributed by atoms with Gasteiger partial charge >= 0.3 is 5.97 Å². The monoisotopic (exact) mass is 368 g/mol. The summed E-state index contributed by atoms with van der Waals surface area (Å²) in [6, 6.07) is -0.909. The maximum Gasteiger partial charge on any atom is 0.305 e. The molecule has 0 spiro atoms. The SMILES string of the molecule is CCCCCCCC/C=C\CCCCCCCC(=O)OC[C@H](N)C(N)=O. The van der Waals surface area contributed by atoms with Gasteiger partial charge in [0.25, 0.3) is 0 Å². The zero-order valence-electron chi connectivity index (χ0n) is 16.7. The third-order valence-electron chi connectivity index (χ3n) is 4.43. The summed E-state index contributed by atoms with van der Waals surface area (Å²) in [5.74, 6) is -0.960. The molecule has 4 N–H and O–H groups in total. The number of primary amides is 1. The summed E-state index contributed by atoms with van der Waals surface area (Å²) in [5, 5.41) is 0. The molecule has 0 fully saturated rings. The van der Waals surface area contributed by atoms with Crippen LogP contribution in [0.2, 0.25) is 0 Å². The zero-order chi connectivity index (χ0) is 19.5. The Bertz CT molecular complexity index is 383. The molecule has 0 unspecified atom stereocenters. The predicted molar refractivity (Wildman–Crippen MR) is 108 cm³/mol. The van der Waals surface area contributed by atoms with Crippen LogP contribution in [0.25, 0.3) is 0 Å². The van der Waals surface area contributed by atoms with Crippen molar-refractivity contribution in [1.29, 1.82) is 0 Å². The highest BCUT2D eigenvalue weighted by atomic mass is 16.5. The lowest BCUT2D eigenvalue weighted by Gasteiger charge is -2.08. The fraction of sp³-hybridized carbons (Fsp3) is 0.810. The van der Waals surface area contributed by atoms with Gasteiger partial charge in [-0.1, -0.05) is 70.4 Å². The first kappa shape index (κ1) is 24.6. The van der Waals surface area contributed by atoms with Crippen molar-refractivity contribution in [3.8, 4) is 0 Å². The molecule has 0 aliphatic rings. The van der Waals surface area contributed by atoms with E-state index < -0.39 is 11.9 Å². The van der Waals surface area contributed by atoms with E-state index in [-0.39, 0.29) is 12.6 Å². The maximum atomic E-state index is 11.5. The molecule has 0 radical (unpaired) electrons. The van der Waals surface area contributed by atoms with E-state index in [1.165, 1.54) is 57.8 Å². The van der Waals surface area contributed by atoms with Crippen LogP contribution in [-0.2, 0) is 14.3 Å². The van der Waals surface area contributed by atoms with Gasteiger partial charge < -0.3 is 16.2 Å². The summed E-state index contributed by atoms with van der Waals surface area (Å²) in [6.07, 6.45) is 20.9. The van der Waals surface area contributed by atoms with E-state index in [2.05, 4.69) is 19.1 Å². The van der Waals surface area contributed by atoms with Crippen LogP contribution in [0.3, 0.4) is 0 Å². The highest BCUT2D eigenvalue weighted by Gasteiger charge is 2.11. The highest BCUT2D eigenvalue weighted by molar-refractivity contribution is 5.80. The molecule has 0 aromatic carbocycles. The van der Waals surface area contributed by atoms with E-state index >= 15 is 0 Å². The van der Waals surface area contributed by atoms with Gasteiger partial charge in [0, 0.05) is 6.42 Å². The Kier molecular flexibility index (Phi) is 17.5. The van der Waals surface area contributed by atoms with Crippen LogP contribution >= 0.6 is 0 Å². The molecule has 0 heterocycles. The number of rotatable bonds is 18. The first-order valence-electron chi connectivity index (χ1n) is 10.4. The number of hydrogen-bond acceptors (Lipinski definition) is 4. The number of carbonyl (C=O) groups excluding carboxylic acids is 2. The smallest absolute Gasteiger partial charge is 0.305 e. The summed E-state index contributed by atoms with van der Waals surface area (Å²) < 4.78 is 4.91. The summed E-state index contributed by atoms with van der Waals surface area (Å²) in [7, 11) is 0. The second kappa shape index (κ2) is 18.4. The van der Waals surface area contributed by atoms with Crippen LogP contribution in [0.1, 0.15) is 96.8 Å². The van der Waals surface area contributed by atoms with Crippen LogP contribution < -0.4 is 11.5 Å². The van der Waals surface area contributed by atoms with E-state index in [1.54, 1.807) is 0 Å². The molecule has 0 saturated heterocycles. The van der Waals surface area contributed by atoms with E-state index in [0.717, 1.165) is 25.7 Å². The molecule has 1 amide bonds. The van der Waals surface area contributed by atoms with Crippen molar-refractivity contribution in [2.45, 2.75) is 103 Å². The number of unbranched alkanes of at least 4 members (excludes halogenated alkanes) is 11. The van der Waals surface area contributed by atoms with E-state index in [0.29, 0.717) is 6.42 Å². The number of allylic oxidation sites excluding steroid dienone is 2. The average molecular weight is 369 g/mol. The van der Waals surface area contributed by atoms with Crippen molar-refractivity contribution in [3.05, 3.63) is 12.2 Å². The predicted octanol–water partition coefficient (Wildman–Crippen LogP) is 4.38. The van der Waals surface area contributed by atoms with Gasteiger partial charge in [-0.3, -0.25) is 9.59 Å². The second-order valence-electron chi connectivity index (χ2n) is 7.03. The van der Waals surface area contributed by atoms with Crippen LogP contribution in [0, 0.1) is 0 Å². The fourth-order valence-corrected chi connectivity index (χ4v) is 2.68. The van der Waals surface area contributed by atoms with E-state index in [4.69, 9.17) is 16.2 Å². The van der Waals surface area contributed by atoms with Gasteiger partial charge in [-0.25, -0.2) is 0 Å². The molecule has 152 valence electrons. The van der Waals surface area contributed by atoms with Crippen molar-refractivity contribution < 1.29 is 14.3 Å². The van der Waals surface area contributed by atoms with Gasteiger partial charge in [0.05, 0.1) is 0 Å². The first-order valence-corrected chi connectivity index (χ1v) is 10.4.